The Bertz CT molecular complexity index is 608. The highest BCUT2D eigenvalue weighted by atomic mass is 35.5. The maximum atomic E-state index is 9.27. The maximum Gasteiger partial charge on any atom is 0.112 e. The summed E-state index contributed by atoms with van der Waals surface area (Å²) in [6.07, 6.45) is 5.57. The van der Waals surface area contributed by atoms with E-state index in [1.54, 1.807) is 36.9 Å². The molecule has 0 saturated carbocycles. The summed E-state index contributed by atoms with van der Waals surface area (Å²) < 4.78 is 5.33. The Labute approximate surface area is 110 Å². The minimum atomic E-state index is 0.411. The number of allylic oxidation sites excluding steroid dienone is 1. The molecule has 3 nitrogen and oxygen atoms in total. The van der Waals surface area contributed by atoms with Gasteiger partial charge in [-0.3, -0.25) is 4.98 Å². The van der Waals surface area contributed by atoms with E-state index in [1.807, 2.05) is 6.92 Å². The lowest BCUT2D eigenvalue weighted by Crippen LogP contribution is -1.88. The van der Waals surface area contributed by atoms with Crippen LogP contribution in [0.4, 0.5) is 0 Å². The zero-order chi connectivity index (χ0) is 13.0. The molecule has 0 saturated heterocycles. The third-order valence-electron chi connectivity index (χ3n) is 2.60. The molecule has 2 heterocycles. The monoisotopic (exact) mass is 258 g/mol. The Balaban J connectivity index is 2.55. The van der Waals surface area contributed by atoms with E-state index in [-0.39, 0.29) is 0 Å². The van der Waals surface area contributed by atoms with Crippen molar-refractivity contribution in [2.24, 2.45) is 0 Å². The molecule has 0 atom stereocenters. The Morgan fingerprint density at radius 3 is 2.72 bits per heavy atom. The average molecular weight is 259 g/mol. The van der Waals surface area contributed by atoms with Gasteiger partial charge in [-0.15, -0.1) is 0 Å². The fourth-order valence-corrected chi connectivity index (χ4v) is 2.02. The van der Waals surface area contributed by atoms with Crippen molar-refractivity contribution in [3.8, 4) is 6.07 Å². The van der Waals surface area contributed by atoms with Crippen LogP contribution in [0.3, 0.4) is 0 Å². The number of hydrogen-bond acceptors (Lipinski definition) is 3. The third kappa shape index (κ3) is 2.29. The van der Waals surface area contributed by atoms with E-state index in [9.17, 15) is 5.26 Å². The largest absolute Gasteiger partial charge is 0.469 e. The molecule has 0 radical (unpaired) electrons. The van der Waals surface area contributed by atoms with Crippen molar-refractivity contribution in [2.75, 3.05) is 0 Å². The highest BCUT2D eigenvalue weighted by Gasteiger charge is 2.14. The third-order valence-corrected chi connectivity index (χ3v) is 3.00. The molecule has 2 rings (SSSR count). The van der Waals surface area contributed by atoms with Gasteiger partial charge in [0.1, 0.15) is 11.8 Å². The van der Waals surface area contributed by atoms with Gasteiger partial charge >= 0.3 is 0 Å². The first-order valence-corrected chi connectivity index (χ1v) is 5.92. The van der Waals surface area contributed by atoms with Crippen LogP contribution in [0.2, 0.25) is 0 Å². The Morgan fingerprint density at radius 1 is 1.39 bits per heavy atom. The predicted octanol–water partition coefficient (Wildman–Crippen LogP) is 3.87. The number of rotatable bonds is 3. The summed E-state index contributed by atoms with van der Waals surface area (Å²) in [6, 6.07) is 7.43. The second-order valence-corrected chi connectivity index (χ2v) is 4.03. The lowest BCUT2D eigenvalue weighted by Gasteiger charge is -2.03. The van der Waals surface area contributed by atoms with E-state index in [4.69, 9.17) is 16.0 Å². The molecule has 0 amide bonds. The molecular formula is C14H11ClN2O. The molecule has 0 spiro atoms. The van der Waals surface area contributed by atoms with Crippen LogP contribution < -0.4 is 0 Å². The molecule has 0 bridgehead atoms. The van der Waals surface area contributed by atoms with Crippen LogP contribution in [0, 0.1) is 11.3 Å². The van der Waals surface area contributed by atoms with Crippen molar-refractivity contribution in [3.63, 3.8) is 0 Å². The molecule has 18 heavy (non-hydrogen) atoms. The predicted molar refractivity (Wildman–Crippen MR) is 70.6 cm³/mol. The molecule has 0 aliphatic rings. The smallest absolute Gasteiger partial charge is 0.112 e. The molecule has 4 heteroatoms. The number of furan rings is 1. The zero-order valence-corrected chi connectivity index (χ0v) is 10.6. The Kier molecular flexibility index (Phi) is 3.81. The van der Waals surface area contributed by atoms with Gasteiger partial charge in [0, 0.05) is 24.4 Å². The lowest BCUT2D eigenvalue weighted by atomic mass is 10.0. The summed E-state index contributed by atoms with van der Waals surface area (Å²) in [5.74, 6) is 0.779. The summed E-state index contributed by atoms with van der Waals surface area (Å²) >= 11 is 6.31. The fourth-order valence-electron chi connectivity index (χ4n) is 1.70. The number of nitrogens with zero attached hydrogens (tertiary/aromatic N) is 2. The van der Waals surface area contributed by atoms with Gasteiger partial charge in [0.05, 0.1) is 16.9 Å². The fraction of sp³-hybridized carbons (Fsp3) is 0.143. The lowest BCUT2D eigenvalue weighted by molar-refractivity contribution is 0.515. The molecule has 0 N–H and O–H groups in total. The average Bonchev–Trinajstić information content (AvgIpc) is 2.89. The molecule has 2 aromatic rings. The van der Waals surface area contributed by atoms with Crippen LogP contribution in [0.1, 0.15) is 23.8 Å². The van der Waals surface area contributed by atoms with E-state index >= 15 is 0 Å². The normalized spacial score (nSPS) is 11.8. The van der Waals surface area contributed by atoms with E-state index in [2.05, 4.69) is 11.1 Å². The molecular weight excluding hydrogens is 248 g/mol. The van der Waals surface area contributed by atoms with Crippen molar-refractivity contribution in [2.45, 2.75) is 13.3 Å². The van der Waals surface area contributed by atoms with Gasteiger partial charge in [0.2, 0.25) is 0 Å². The van der Waals surface area contributed by atoms with Gasteiger partial charge < -0.3 is 4.42 Å². The van der Waals surface area contributed by atoms with Crippen molar-refractivity contribution < 1.29 is 4.42 Å². The van der Waals surface area contributed by atoms with Gasteiger partial charge in [0.15, 0.2) is 0 Å². The summed E-state index contributed by atoms with van der Waals surface area (Å²) in [6.45, 7) is 1.98. The zero-order valence-electron chi connectivity index (χ0n) is 9.85. The number of pyridine rings is 1. The standard InChI is InChI=1S/C14H11ClN2O/c1-2-13-11(5-8-18-13)14(15)12(9-16)10-3-6-17-7-4-10/h3-8H,2H2,1H3/b14-12+. The van der Waals surface area contributed by atoms with Crippen LogP contribution in [0.5, 0.6) is 0 Å². The van der Waals surface area contributed by atoms with E-state index < -0.39 is 0 Å². The van der Waals surface area contributed by atoms with E-state index in [0.717, 1.165) is 23.3 Å². The van der Waals surface area contributed by atoms with Crippen molar-refractivity contribution in [3.05, 3.63) is 53.7 Å². The first kappa shape index (κ1) is 12.4. The number of halogens is 1. The number of aromatic nitrogens is 1. The van der Waals surface area contributed by atoms with Gasteiger partial charge in [0.25, 0.3) is 0 Å². The maximum absolute atomic E-state index is 9.27. The summed E-state index contributed by atoms with van der Waals surface area (Å²) in [7, 11) is 0. The molecule has 90 valence electrons. The number of hydrogen-bond donors (Lipinski definition) is 0. The highest BCUT2D eigenvalue weighted by Crippen LogP contribution is 2.31. The van der Waals surface area contributed by atoms with Crippen LogP contribution in [-0.2, 0) is 6.42 Å². The van der Waals surface area contributed by atoms with Gasteiger partial charge in [-0.05, 0) is 23.8 Å². The SMILES string of the molecule is CCc1occc1/C(Cl)=C(/C#N)c1ccncc1. The van der Waals surface area contributed by atoms with Gasteiger partial charge in [-0.2, -0.15) is 5.26 Å². The van der Waals surface area contributed by atoms with Crippen molar-refractivity contribution in [1.29, 1.82) is 5.26 Å². The summed E-state index contributed by atoms with van der Waals surface area (Å²) in [5, 5.41) is 9.68. The minimum absolute atomic E-state index is 0.411. The second kappa shape index (κ2) is 5.52. The molecule has 0 aliphatic heterocycles. The van der Waals surface area contributed by atoms with Crippen molar-refractivity contribution >= 4 is 22.2 Å². The summed E-state index contributed by atoms with van der Waals surface area (Å²) in [4.78, 5) is 3.92. The molecule has 0 aliphatic carbocycles. The number of nitriles is 1. The van der Waals surface area contributed by atoms with E-state index in [0.29, 0.717) is 10.6 Å². The molecule has 0 fully saturated rings. The topological polar surface area (TPSA) is 49.8 Å². The minimum Gasteiger partial charge on any atom is -0.469 e. The Morgan fingerprint density at radius 2 is 2.11 bits per heavy atom. The quantitative estimate of drug-likeness (QED) is 0.786. The molecule has 0 aromatic carbocycles. The highest BCUT2D eigenvalue weighted by molar-refractivity contribution is 6.53. The molecule has 0 unspecified atom stereocenters. The second-order valence-electron chi connectivity index (χ2n) is 3.65. The van der Waals surface area contributed by atoms with Gasteiger partial charge in [-0.25, -0.2) is 0 Å². The van der Waals surface area contributed by atoms with Gasteiger partial charge in [-0.1, -0.05) is 18.5 Å². The van der Waals surface area contributed by atoms with E-state index in [1.165, 1.54) is 0 Å². The Hall–Kier alpha value is -2.05. The number of aryl methyl sites for hydroxylation is 1. The van der Waals surface area contributed by atoms with Crippen molar-refractivity contribution in [1.82, 2.24) is 4.98 Å². The van der Waals surface area contributed by atoms with Crippen LogP contribution in [0.15, 0.2) is 41.3 Å². The molecule has 2 aromatic heterocycles. The van der Waals surface area contributed by atoms with Crippen LogP contribution in [-0.4, -0.2) is 4.98 Å². The first-order chi connectivity index (χ1) is 8.77. The first-order valence-electron chi connectivity index (χ1n) is 5.55. The summed E-state index contributed by atoms with van der Waals surface area (Å²) in [5.41, 5.74) is 1.95. The van der Waals surface area contributed by atoms with Crippen LogP contribution in [0.25, 0.3) is 10.6 Å². The van der Waals surface area contributed by atoms with Crippen LogP contribution >= 0.6 is 11.6 Å².